The Bertz CT molecular complexity index is 262. The summed E-state index contributed by atoms with van der Waals surface area (Å²) in [5.41, 5.74) is 5.85. The Kier molecular flexibility index (Phi) is 6.44. The molecule has 0 radical (unpaired) electrons. The van der Waals surface area contributed by atoms with Gasteiger partial charge in [0.05, 0.1) is 5.75 Å². The Labute approximate surface area is 94.4 Å². The van der Waals surface area contributed by atoms with Gasteiger partial charge in [-0.1, -0.05) is 27.2 Å². The Morgan fingerprint density at radius 1 is 1.20 bits per heavy atom. The number of rotatable bonds is 8. The standard InChI is InChI=1S/C11H25NO2S/c1-4-7-11(3,10-12)8-6-9-15(13,14)5-2/h4-10,12H2,1-3H3. The van der Waals surface area contributed by atoms with E-state index < -0.39 is 9.84 Å². The lowest BCUT2D eigenvalue weighted by Crippen LogP contribution is -2.27. The van der Waals surface area contributed by atoms with E-state index in [0.717, 1.165) is 25.7 Å². The van der Waals surface area contributed by atoms with Crippen molar-refractivity contribution in [1.82, 2.24) is 0 Å². The topological polar surface area (TPSA) is 60.2 Å². The molecule has 0 aromatic heterocycles. The SMILES string of the molecule is CCCC(C)(CN)CCCS(=O)(=O)CC. The molecule has 0 bridgehead atoms. The maximum absolute atomic E-state index is 11.3. The van der Waals surface area contributed by atoms with Crippen LogP contribution in [-0.2, 0) is 9.84 Å². The Morgan fingerprint density at radius 3 is 2.20 bits per heavy atom. The van der Waals surface area contributed by atoms with Gasteiger partial charge in [-0.2, -0.15) is 0 Å². The molecule has 0 fully saturated rings. The van der Waals surface area contributed by atoms with E-state index in [4.69, 9.17) is 5.73 Å². The molecule has 0 aliphatic rings. The highest BCUT2D eigenvalue weighted by Crippen LogP contribution is 2.27. The zero-order chi connectivity index (χ0) is 11.9. The maximum atomic E-state index is 11.3. The van der Waals surface area contributed by atoms with Gasteiger partial charge in [0, 0.05) is 5.75 Å². The smallest absolute Gasteiger partial charge is 0.150 e. The first-order chi connectivity index (χ1) is 6.89. The molecule has 3 nitrogen and oxygen atoms in total. The largest absolute Gasteiger partial charge is 0.330 e. The van der Waals surface area contributed by atoms with Crippen molar-refractivity contribution in [2.45, 2.75) is 46.5 Å². The van der Waals surface area contributed by atoms with E-state index in [1.807, 2.05) is 0 Å². The molecule has 0 aromatic carbocycles. The first-order valence-electron chi connectivity index (χ1n) is 5.79. The molecular formula is C11H25NO2S. The van der Waals surface area contributed by atoms with Crippen LogP contribution in [0, 0.1) is 5.41 Å². The third kappa shape index (κ3) is 6.15. The first-order valence-corrected chi connectivity index (χ1v) is 7.62. The lowest BCUT2D eigenvalue weighted by molar-refractivity contribution is 0.278. The summed E-state index contributed by atoms with van der Waals surface area (Å²) in [5, 5.41) is 0. The summed E-state index contributed by atoms with van der Waals surface area (Å²) < 4.78 is 22.6. The van der Waals surface area contributed by atoms with Crippen molar-refractivity contribution in [3.05, 3.63) is 0 Å². The van der Waals surface area contributed by atoms with E-state index in [0.29, 0.717) is 12.3 Å². The monoisotopic (exact) mass is 235 g/mol. The van der Waals surface area contributed by atoms with E-state index in [-0.39, 0.29) is 11.2 Å². The van der Waals surface area contributed by atoms with Gasteiger partial charge in [0.15, 0.2) is 0 Å². The van der Waals surface area contributed by atoms with Gasteiger partial charge in [-0.3, -0.25) is 0 Å². The molecule has 15 heavy (non-hydrogen) atoms. The quantitative estimate of drug-likeness (QED) is 0.699. The second-order valence-corrected chi connectivity index (χ2v) is 7.08. The van der Waals surface area contributed by atoms with Crippen LogP contribution in [0.5, 0.6) is 0 Å². The molecule has 1 atom stereocenters. The normalized spacial score (nSPS) is 16.3. The van der Waals surface area contributed by atoms with Crippen molar-refractivity contribution >= 4 is 9.84 Å². The third-order valence-electron chi connectivity index (χ3n) is 3.02. The minimum atomic E-state index is -2.81. The number of nitrogens with two attached hydrogens (primary N) is 1. The molecule has 1 unspecified atom stereocenters. The van der Waals surface area contributed by atoms with Crippen molar-refractivity contribution in [3.63, 3.8) is 0 Å². The van der Waals surface area contributed by atoms with E-state index >= 15 is 0 Å². The second kappa shape index (κ2) is 6.48. The van der Waals surface area contributed by atoms with Crippen LogP contribution in [0.4, 0.5) is 0 Å². The Morgan fingerprint density at radius 2 is 1.80 bits per heavy atom. The van der Waals surface area contributed by atoms with Crippen molar-refractivity contribution in [2.24, 2.45) is 11.1 Å². The van der Waals surface area contributed by atoms with Crippen LogP contribution in [0.2, 0.25) is 0 Å². The van der Waals surface area contributed by atoms with E-state index in [2.05, 4.69) is 13.8 Å². The summed E-state index contributed by atoms with van der Waals surface area (Å²) in [4.78, 5) is 0. The molecule has 0 saturated heterocycles. The molecule has 4 heteroatoms. The molecule has 0 spiro atoms. The average Bonchev–Trinajstić information content (AvgIpc) is 2.18. The predicted molar refractivity (Wildman–Crippen MR) is 65.6 cm³/mol. The molecule has 0 rings (SSSR count). The summed E-state index contributed by atoms with van der Waals surface area (Å²) in [7, 11) is -2.81. The molecule has 2 N–H and O–H groups in total. The zero-order valence-corrected chi connectivity index (χ0v) is 11.1. The number of hydrogen-bond acceptors (Lipinski definition) is 3. The van der Waals surface area contributed by atoms with Gasteiger partial charge in [-0.15, -0.1) is 0 Å². The van der Waals surface area contributed by atoms with Gasteiger partial charge in [0.25, 0.3) is 0 Å². The Balaban J connectivity index is 4.03. The first kappa shape index (κ1) is 14.9. The van der Waals surface area contributed by atoms with Gasteiger partial charge in [-0.25, -0.2) is 8.42 Å². The van der Waals surface area contributed by atoms with Gasteiger partial charge in [0.2, 0.25) is 0 Å². The minimum absolute atomic E-state index is 0.123. The molecule has 0 amide bonds. The minimum Gasteiger partial charge on any atom is -0.330 e. The summed E-state index contributed by atoms with van der Waals surface area (Å²) >= 11 is 0. The van der Waals surface area contributed by atoms with E-state index in [1.54, 1.807) is 6.92 Å². The fraction of sp³-hybridized carbons (Fsp3) is 1.00. The number of sulfone groups is 1. The molecule has 92 valence electrons. The highest BCUT2D eigenvalue weighted by Gasteiger charge is 2.21. The highest BCUT2D eigenvalue weighted by atomic mass is 32.2. The van der Waals surface area contributed by atoms with Gasteiger partial charge in [0.1, 0.15) is 9.84 Å². The van der Waals surface area contributed by atoms with Crippen molar-refractivity contribution in [2.75, 3.05) is 18.1 Å². The fourth-order valence-electron chi connectivity index (χ4n) is 1.80. The van der Waals surface area contributed by atoms with Gasteiger partial charge >= 0.3 is 0 Å². The lowest BCUT2D eigenvalue weighted by Gasteiger charge is -2.27. The molecule has 0 aromatic rings. The van der Waals surface area contributed by atoms with Crippen LogP contribution < -0.4 is 5.73 Å². The van der Waals surface area contributed by atoms with Crippen molar-refractivity contribution in [3.8, 4) is 0 Å². The molecular weight excluding hydrogens is 210 g/mol. The molecule has 0 aliphatic carbocycles. The summed E-state index contributed by atoms with van der Waals surface area (Å²) in [5.74, 6) is 0.558. The third-order valence-corrected chi connectivity index (χ3v) is 4.81. The lowest BCUT2D eigenvalue weighted by atomic mass is 9.81. The molecule has 0 saturated carbocycles. The summed E-state index contributed by atoms with van der Waals surface area (Å²) in [6.07, 6.45) is 3.84. The Hall–Kier alpha value is -0.0900. The second-order valence-electron chi connectivity index (χ2n) is 4.60. The average molecular weight is 235 g/mol. The van der Waals surface area contributed by atoms with Crippen molar-refractivity contribution in [1.29, 1.82) is 0 Å². The predicted octanol–water partition coefficient (Wildman–Crippen LogP) is 1.97. The van der Waals surface area contributed by atoms with Gasteiger partial charge in [-0.05, 0) is 31.2 Å². The van der Waals surface area contributed by atoms with Crippen molar-refractivity contribution < 1.29 is 8.42 Å². The van der Waals surface area contributed by atoms with Crippen LogP contribution in [0.15, 0.2) is 0 Å². The zero-order valence-electron chi connectivity index (χ0n) is 10.3. The summed E-state index contributed by atoms with van der Waals surface area (Å²) in [6.45, 7) is 6.63. The highest BCUT2D eigenvalue weighted by molar-refractivity contribution is 7.91. The van der Waals surface area contributed by atoms with Crippen LogP contribution in [0.1, 0.15) is 46.5 Å². The summed E-state index contributed by atoms with van der Waals surface area (Å²) in [6, 6.07) is 0. The molecule has 0 aliphatic heterocycles. The van der Waals surface area contributed by atoms with Crippen LogP contribution in [0.3, 0.4) is 0 Å². The molecule has 0 heterocycles. The van der Waals surface area contributed by atoms with Crippen LogP contribution in [-0.4, -0.2) is 26.5 Å². The van der Waals surface area contributed by atoms with E-state index in [1.165, 1.54) is 0 Å². The van der Waals surface area contributed by atoms with Crippen LogP contribution in [0.25, 0.3) is 0 Å². The van der Waals surface area contributed by atoms with Crippen LogP contribution >= 0.6 is 0 Å². The maximum Gasteiger partial charge on any atom is 0.150 e. The fourth-order valence-corrected chi connectivity index (χ4v) is 2.67. The van der Waals surface area contributed by atoms with Gasteiger partial charge < -0.3 is 5.73 Å². The van der Waals surface area contributed by atoms with E-state index in [9.17, 15) is 8.42 Å². The number of hydrogen-bond donors (Lipinski definition) is 1.